The lowest BCUT2D eigenvalue weighted by Gasteiger charge is -2.15. The van der Waals surface area contributed by atoms with Crippen molar-refractivity contribution in [3.05, 3.63) is 93.3 Å². The van der Waals surface area contributed by atoms with E-state index in [9.17, 15) is 14.4 Å². The van der Waals surface area contributed by atoms with Crippen LogP contribution in [-0.4, -0.2) is 40.1 Å². The summed E-state index contributed by atoms with van der Waals surface area (Å²) < 4.78 is 6.79. The number of hydrogen-bond acceptors (Lipinski definition) is 6. The van der Waals surface area contributed by atoms with Crippen molar-refractivity contribution in [1.29, 1.82) is 0 Å². The molecular formula is C31H31N3O4S. The van der Waals surface area contributed by atoms with Crippen LogP contribution in [0.4, 0.5) is 0 Å². The van der Waals surface area contributed by atoms with E-state index in [0.717, 1.165) is 36.8 Å². The number of benzene rings is 3. The summed E-state index contributed by atoms with van der Waals surface area (Å²) in [4.78, 5) is 44.6. The summed E-state index contributed by atoms with van der Waals surface area (Å²) in [6.07, 6.45) is 4.21. The highest BCUT2D eigenvalue weighted by Gasteiger charge is 2.20. The van der Waals surface area contributed by atoms with Crippen molar-refractivity contribution < 1.29 is 14.3 Å². The molecule has 3 aromatic carbocycles. The number of nitrogens with one attached hydrogen (secondary N) is 1. The summed E-state index contributed by atoms with van der Waals surface area (Å²) in [5.74, 6) is 0.569. The zero-order valence-electron chi connectivity index (χ0n) is 22.3. The van der Waals surface area contributed by atoms with Gasteiger partial charge in [0.25, 0.3) is 11.5 Å². The molecule has 7 nitrogen and oxygen atoms in total. The van der Waals surface area contributed by atoms with Crippen LogP contribution in [0.25, 0.3) is 16.6 Å². The Bertz CT molecular complexity index is 1610. The molecular weight excluding hydrogens is 510 g/mol. The number of carbonyl (C=O) groups excluding carboxylic acids is 2. The van der Waals surface area contributed by atoms with Crippen LogP contribution in [0.15, 0.2) is 70.6 Å². The number of methoxy groups -OCH3 is 1. The van der Waals surface area contributed by atoms with E-state index in [1.54, 1.807) is 49.6 Å². The lowest BCUT2D eigenvalue weighted by Crippen LogP contribution is -2.32. The quantitative estimate of drug-likeness (QED) is 0.176. The fourth-order valence-electron chi connectivity index (χ4n) is 5.04. The van der Waals surface area contributed by atoms with Gasteiger partial charge in [-0.05, 0) is 74.7 Å². The Balaban J connectivity index is 1.53. The summed E-state index contributed by atoms with van der Waals surface area (Å²) in [7, 11) is 1.58. The molecule has 0 unspecified atom stereocenters. The van der Waals surface area contributed by atoms with Gasteiger partial charge in [-0.25, -0.2) is 4.98 Å². The van der Waals surface area contributed by atoms with Crippen LogP contribution in [-0.2, 0) is 0 Å². The number of aromatic nitrogens is 2. The van der Waals surface area contributed by atoms with Gasteiger partial charge in [0.05, 0.1) is 29.5 Å². The Labute approximate surface area is 231 Å². The lowest BCUT2D eigenvalue weighted by molar-refractivity contribution is 0.0937. The SMILES string of the molecule is COc1ccc(-n2c(SCC(=O)c3ccc(C)cc3C)nc3cc(C(=O)NC4CCCC4)ccc3c2=O)cc1. The molecule has 0 saturated heterocycles. The molecule has 1 saturated carbocycles. The lowest BCUT2D eigenvalue weighted by atomic mass is 10.0. The van der Waals surface area contributed by atoms with E-state index in [-0.39, 0.29) is 29.0 Å². The number of nitrogens with zero attached hydrogens (tertiary/aromatic N) is 2. The molecule has 1 N–H and O–H groups in total. The molecule has 39 heavy (non-hydrogen) atoms. The van der Waals surface area contributed by atoms with E-state index in [1.807, 2.05) is 32.0 Å². The van der Waals surface area contributed by atoms with E-state index in [2.05, 4.69) is 5.32 Å². The van der Waals surface area contributed by atoms with Gasteiger partial charge in [-0.3, -0.25) is 19.0 Å². The molecule has 4 aromatic rings. The van der Waals surface area contributed by atoms with Gasteiger partial charge in [-0.15, -0.1) is 0 Å². The fraction of sp³-hybridized carbons (Fsp3) is 0.290. The first kappa shape index (κ1) is 26.7. The zero-order chi connectivity index (χ0) is 27.5. The van der Waals surface area contributed by atoms with E-state index in [1.165, 1.54) is 16.3 Å². The number of thioether (sulfide) groups is 1. The Hall–Kier alpha value is -3.91. The number of ketones is 1. The van der Waals surface area contributed by atoms with Gasteiger partial charge in [0.15, 0.2) is 10.9 Å². The number of Topliss-reactive ketones (excluding diaryl/α,β-unsaturated/α-hetero) is 1. The van der Waals surface area contributed by atoms with Crippen molar-refractivity contribution in [3.63, 3.8) is 0 Å². The van der Waals surface area contributed by atoms with Crippen LogP contribution < -0.4 is 15.6 Å². The Kier molecular flexibility index (Phi) is 7.84. The van der Waals surface area contributed by atoms with Crippen LogP contribution in [0, 0.1) is 13.8 Å². The highest BCUT2D eigenvalue weighted by Crippen LogP contribution is 2.25. The van der Waals surface area contributed by atoms with Crippen molar-refractivity contribution in [3.8, 4) is 11.4 Å². The van der Waals surface area contributed by atoms with E-state index < -0.39 is 0 Å². The van der Waals surface area contributed by atoms with E-state index in [4.69, 9.17) is 9.72 Å². The molecule has 1 aromatic heterocycles. The molecule has 8 heteroatoms. The van der Waals surface area contributed by atoms with Gasteiger partial charge in [0, 0.05) is 17.2 Å². The minimum Gasteiger partial charge on any atom is -0.497 e. The van der Waals surface area contributed by atoms with Crippen LogP contribution in [0.5, 0.6) is 5.75 Å². The highest BCUT2D eigenvalue weighted by atomic mass is 32.2. The number of aryl methyl sites for hydroxylation is 2. The molecule has 0 spiro atoms. The molecule has 1 aliphatic rings. The largest absolute Gasteiger partial charge is 0.497 e. The molecule has 1 aliphatic carbocycles. The molecule has 0 radical (unpaired) electrons. The molecule has 5 rings (SSSR count). The zero-order valence-corrected chi connectivity index (χ0v) is 23.1. The van der Waals surface area contributed by atoms with E-state index >= 15 is 0 Å². The normalized spacial score (nSPS) is 13.5. The van der Waals surface area contributed by atoms with Crippen molar-refractivity contribution in [2.24, 2.45) is 0 Å². The van der Waals surface area contributed by atoms with Gasteiger partial charge >= 0.3 is 0 Å². The Morgan fingerprint density at radius 3 is 2.46 bits per heavy atom. The fourth-order valence-corrected chi connectivity index (χ4v) is 5.93. The van der Waals surface area contributed by atoms with Crippen molar-refractivity contribution in [1.82, 2.24) is 14.9 Å². The highest BCUT2D eigenvalue weighted by molar-refractivity contribution is 7.99. The maximum Gasteiger partial charge on any atom is 0.266 e. The smallest absolute Gasteiger partial charge is 0.266 e. The second-order valence-corrected chi connectivity index (χ2v) is 10.9. The number of carbonyl (C=O) groups is 2. The standard InChI is InChI=1S/C31H31N3O4S/c1-19-8-14-25(20(2)16-19)28(35)18-39-31-33-27-17-21(29(36)32-22-6-4-5-7-22)9-15-26(27)30(37)34(31)23-10-12-24(38-3)13-11-23/h8-17,22H,4-7,18H2,1-3H3,(H,32,36). The molecule has 0 atom stereocenters. The Morgan fingerprint density at radius 2 is 1.77 bits per heavy atom. The second-order valence-electron chi connectivity index (χ2n) is 9.95. The van der Waals surface area contributed by atoms with E-state index in [0.29, 0.717) is 38.6 Å². The molecule has 0 bridgehead atoms. The van der Waals surface area contributed by atoms with Crippen molar-refractivity contribution in [2.45, 2.75) is 50.7 Å². The summed E-state index contributed by atoms with van der Waals surface area (Å²) in [6, 6.07) is 18.0. The van der Waals surface area contributed by atoms with Crippen molar-refractivity contribution in [2.75, 3.05) is 12.9 Å². The average Bonchev–Trinajstić information content (AvgIpc) is 3.44. The maximum absolute atomic E-state index is 13.8. The molecule has 0 aliphatic heterocycles. The second kappa shape index (κ2) is 11.5. The third-order valence-corrected chi connectivity index (χ3v) is 8.08. The third-order valence-electron chi connectivity index (χ3n) is 7.14. The average molecular weight is 542 g/mol. The monoisotopic (exact) mass is 541 g/mol. The predicted molar refractivity (Wildman–Crippen MR) is 155 cm³/mol. The minimum absolute atomic E-state index is 0.0437. The maximum atomic E-state index is 13.8. The van der Waals surface area contributed by atoms with Gasteiger partial charge in [-0.1, -0.05) is 48.4 Å². The minimum atomic E-state index is -0.269. The Morgan fingerprint density at radius 1 is 1.03 bits per heavy atom. The number of fused-ring (bicyclic) bond motifs is 1. The number of hydrogen-bond donors (Lipinski definition) is 1. The first-order valence-electron chi connectivity index (χ1n) is 13.1. The predicted octanol–water partition coefficient (Wildman–Crippen LogP) is 5.66. The summed E-state index contributed by atoms with van der Waals surface area (Å²) in [5, 5.41) is 3.87. The number of ether oxygens (including phenoxy) is 1. The van der Waals surface area contributed by atoms with Gasteiger partial charge < -0.3 is 10.1 Å². The van der Waals surface area contributed by atoms with Gasteiger partial charge in [0.2, 0.25) is 0 Å². The first-order chi connectivity index (χ1) is 18.8. The number of rotatable bonds is 8. The topological polar surface area (TPSA) is 90.3 Å². The van der Waals surface area contributed by atoms with Crippen LogP contribution in [0.2, 0.25) is 0 Å². The molecule has 200 valence electrons. The number of amides is 1. The summed E-state index contributed by atoms with van der Waals surface area (Å²) >= 11 is 1.21. The van der Waals surface area contributed by atoms with Crippen LogP contribution in [0.1, 0.15) is 57.5 Å². The molecule has 1 fully saturated rings. The summed E-state index contributed by atoms with van der Waals surface area (Å²) in [6.45, 7) is 3.91. The van der Waals surface area contributed by atoms with Gasteiger partial charge in [-0.2, -0.15) is 0 Å². The summed E-state index contributed by atoms with van der Waals surface area (Å²) in [5.41, 5.74) is 3.88. The van der Waals surface area contributed by atoms with Crippen LogP contribution >= 0.6 is 11.8 Å². The molecule has 1 amide bonds. The van der Waals surface area contributed by atoms with Crippen LogP contribution in [0.3, 0.4) is 0 Å². The molecule has 1 heterocycles. The third kappa shape index (κ3) is 5.76. The first-order valence-corrected chi connectivity index (χ1v) is 14.1. The van der Waals surface area contributed by atoms with Gasteiger partial charge in [0.1, 0.15) is 5.75 Å². The van der Waals surface area contributed by atoms with Crippen molar-refractivity contribution >= 4 is 34.4 Å².